The van der Waals surface area contributed by atoms with Crippen molar-refractivity contribution in [1.82, 2.24) is 19.8 Å². The third kappa shape index (κ3) is 3.79. The van der Waals surface area contributed by atoms with E-state index in [1.54, 1.807) is 0 Å². The normalized spacial score (nSPS) is 19.8. The Kier molecular flexibility index (Phi) is 5.23. The summed E-state index contributed by atoms with van der Waals surface area (Å²) in [4.78, 5) is 6.68. The van der Waals surface area contributed by atoms with E-state index in [0.29, 0.717) is 18.1 Å². The van der Waals surface area contributed by atoms with E-state index >= 15 is 0 Å². The topological polar surface area (TPSA) is 33.1 Å². The van der Waals surface area contributed by atoms with Crippen LogP contribution in [0.3, 0.4) is 0 Å². The molecule has 1 aromatic heterocycles. The van der Waals surface area contributed by atoms with Gasteiger partial charge in [0, 0.05) is 32.7 Å². The molecular formula is C15H20ClF3N4. The number of fused-ring (bicyclic) bond motifs is 1. The van der Waals surface area contributed by atoms with Gasteiger partial charge in [0.1, 0.15) is 5.82 Å². The van der Waals surface area contributed by atoms with Crippen molar-refractivity contribution < 1.29 is 13.2 Å². The van der Waals surface area contributed by atoms with Gasteiger partial charge in [-0.15, -0.1) is 12.4 Å². The number of aromatic nitrogens is 2. The Hall–Kier alpha value is -1.31. The largest absolute Gasteiger partial charge is 0.416 e. The first-order chi connectivity index (χ1) is 10.3. The van der Waals surface area contributed by atoms with E-state index in [9.17, 15) is 13.2 Å². The molecule has 0 aliphatic carbocycles. The fourth-order valence-electron chi connectivity index (χ4n) is 2.92. The summed E-state index contributed by atoms with van der Waals surface area (Å²) in [5, 5.41) is 3.37. The molecule has 0 radical (unpaired) electrons. The summed E-state index contributed by atoms with van der Waals surface area (Å²) in [6.07, 6.45) is -4.33. The molecule has 3 rings (SSSR count). The smallest absolute Gasteiger partial charge is 0.330 e. The van der Waals surface area contributed by atoms with Gasteiger partial charge in [-0.05, 0) is 25.1 Å². The van der Waals surface area contributed by atoms with Crippen molar-refractivity contribution in [3.8, 4) is 0 Å². The Morgan fingerprint density at radius 1 is 1.35 bits per heavy atom. The second-order valence-corrected chi connectivity index (χ2v) is 5.88. The van der Waals surface area contributed by atoms with E-state index in [2.05, 4.69) is 22.1 Å². The maximum atomic E-state index is 12.8. The predicted molar refractivity (Wildman–Crippen MR) is 85.7 cm³/mol. The number of nitrogens with one attached hydrogen (secondary N) is 1. The van der Waals surface area contributed by atoms with Crippen LogP contribution in [0.4, 0.5) is 13.2 Å². The summed E-state index contributed by atoms with van der Waals surface area (Å²) < 4.78 is 40.2. The minimum atomic E-state index is -4.33. The summed E-state index contributed by atoms with van der Waals surface area (Å²) in [7, 11) is 1.85. The lowest BCUT2D eigenvalue weighted by atomic mass is 10.2. The maximum absolute atomic E-state index is 12.8. The van der Waals surface area contributed by atoms with Gasteiger partial charge in [0.2, 0.25) is 0 Å². The van der Waals surface area contributed by atoms with Gasteiger partial charge in [-0.25, -0.2) is 4.98 Å². The minimum Gasteiger partial charge on any atom is -0.330 e. The summed E-state index contributed by atoms with van der Waals surface area (Å²) in [6.45, 7) is 5.52. The molecule has 1 N–H and O–H groups in total. The summed E-state index contributed by atoms with van der Waals surface area (Å²) in [5.74, 6) is 0.795. The van der Waals surface area contributed by atoms with Crippen molar-refractivity contribution >= 4 is 23.4 Å². The Morgan fingerprint density at radius 2 is 2.09 bits per heavy atom. The first-order valence-electron chi connectivity index (χ1n) is 7.33. The summed E-state index contributed by atoms with van der Waals surface area (Å²) >= 11 is 0. The molecule has 1 atom stereocenters. The van der Waals surface area contributed by atoms with E-state index in [4.69, 9.17) is 0 Å². The number of rotatable bonds is 2. The number of imidazole rings is 1. The van der Waals surface area contributed by atoms with Gasteiger partial charge in [-0.3, -0.25) is 4.90 Å². The second kappa shape index (κ2) is 6.67. The van der Waals surface area contributed by atoms with Gasteiger partial charge in [-0.1, -0.05) is 0 Å². The van der Waals surface area contributed by atoms with Crippen LogP contribution >= 0.6 is 12.4 Å². The van der Waals surface area contributed by atoms with Gasteiger partial charge in [-0.2, -0.15) is 13.2 Å². The fraction of sp³-hybridized carbons (Fsp3) is 0.533. The fourth-order valence-corrected chi connectivity index (χ4v) is 2.92. The van der Waals surface area contributed by atoms with Crippen LogP contribution in [0.15, 0.2) is 18.2 Å². The Morgan fingerprint density at radius 3 is 2.74 bits per heavy atom. The molecule has 0 spiro atoms. The number of alkyl halides is 3. The van der Waals surface area contributed by atoms with Crippen molar-refractivity contribution in [2.24, 2.45) is 7.05 Å². The zero-order valence-corrected chi connectivity index (χ0v) is 13.8. The molecular weight excluding hydrogens is 329 g/mol. The molecule has 0 bridgehead atoms. The average molecular weight is 349 g/mol. The number of aryl methyl sites for hydroxylation is 1. The van der Waals surface area contributed by atoms with Crippen LogP contribution in [0.5, 0.6) is 0 Å². The second-order valence-electron chi connectivity index (χ2n) is 5.88. The molecule has 0 unspecified atom stereocenters. The number of halogens is 4. The molecule has 2 heterocycles. The van der Waals surface area contributed by atoms with Gasteiger partial charge >= 0.3 is 6.18 Å². The van der Waals surface area contributed by atoms with Gasteiger partial charge < -0.3 is 9.88 Å². The zero-order valence-electron chi connectivity index (χ0n) is 13.0. The van der Waals surface area contributed by atoms with E-state index in [-0.39, 0.29) is 12.4 Å². The first kappa shape index (κ1) is 18.0. The lowest BCUT2D eigenvalue weighted by molar-refractivity contribution is -0.137. The monoisotopic (exact) mass is 348 g/mol. The van der Waals surface area contributed by atoms with Crippen LogP contribution in [-0.2, 0) is 19.8 Å². The van der Waals surface area contributed by atoms with Crippen LogP contribution in [0.2, 0.25) is 0 Å². The number of hydrogen-bond acceptors (Lipinski definition) is 3. The zero-order chi connectivity index (χ0) is 15.9. The highest BCUT2D eigenvalue weighted by Crippen LogP contribution is 2.31. The molecule has 23 heavy (non-hydrogen) atoms. The van der Waals surface area contributed by atoms with Crippen LogP contribution in [0.25, 0.3) is 11.0 Å². The molecule has 8 heteroatoms. The third-order valence-electron chi connectivity index (χ3n) is 4.12. The third-order valence-corrected chi connectivity index (χ3v) is 4.12. The molecule has 1 saturated heterocycles. The van der Waals surface area contributed by atoms with Gasteiger partial charge in [0.25, 0.3) is 0 Å². The van der Waals surface area contributed by atoms with E-state index in [1.165, 1.54) is 6.07 Å². The van der Waals surface area contributed by atoms with Gasteiger partial charge in [0.15, 0.2) is 0 Å². The summed E-state index contributed by atoms with van der Waals surface area (Å²) in [5.41, 5.74) is 0.474. The van der Waals surface area contributed by atoms with Crippen molar-refractivity contribution in [1.29, 1.82) is 0 Å². The Labute approximate surface area is 139 Å². The Balaban J connectivity index is 0.00000192. The predicted octanol–water partition coefficient (Wildman–Crippen LogP) is 2.81. The molecule has 1 fully saturated rings. The van der Waals surface area contributed by atoms with Crippen molar-refractivity contribution in [3.05, 3.63) is 29.6 Å². The quantitative estimate of drug-likeness (QED) is 0.906. The number of nitrogens with zero attached hydrogens (tertiary/aromatic N) is 3. The highest BCUT2D eigenvalue weighted by molar-refractivity contribution is 5.85. The van der Waals surface area contributed by atoms with Crippen molar-refractivity contribution in [2.45, 2.75) is 25.7 Å². The molecule has 2 aromatic rings. The minimum absolute atomic E-state index is 0. The van der Waals surface area contributed by atoms with Crippen LogP contribution in [-0.4, -0.2) is 40.1 Å². The number of benzene rings is 1. The SMILES string of the molecule is C[C@H]1CN(Cc2nc3cc(C(F)(F)F)ccc3n2C)CCN1.Cl. The first-order valence-corrected chi connectivity index (χ1v) is 7.33. The van der Waals surface area contributed by atoms with E-state index < -0.39 is 11.7 Å². The van der Waals surface area contributed by atoms with E-state index in [1.807, 2.05) is 11.6 Å². The molecule has 4 nitrogen and oxygen atoms in total. The lowest BCUT2D eigenvalue weighted by Gasteiger charge is -2.31. The maximum Gasteiger partial charge on any atom is 0.416 e. The molecule has 1 aliphatic rings. The summed E-state index contributed by atoms with van der Waals surface area (Å²) in [6, 6.07) is 4.15. The van der Waals surface area contributed by atoms with Crippen molar-refractivity contribution in [3.63, 3.8) is 0 Å². The Bertz CT molecular complexity index is 683. The lowest BCUT2D eigenvalue weighted by Crippen LogP contribution is -2.48. The van der Waals surface area contributed by atoms with Gasteiger partial charge in [0.05, 0.1) is 23.1 Å². The van der Waals surface area contributed by atoms with Crippen LogP contribution in [0.1, 0.15) is 18.3 Å². The van der Waals surface area contributed by atoms with Crippen molar-refractivity contribution in [2.75, 3.05) is 19.6 Å². The molecule has 0 saturated carbocycles. The van der Waals surface area contributed by atoms with E-state index in [0.717, 1.165) is 43.1 Å². The molecule has 1 aromatic carbocycles. The highest BCUT2D eigenvalue weighted by atomic mass is 35.5. The molecule has 1 aliphatic heterocycles. The number of piperazine rings is 1. The highest BCUT2D eigenvalue weighted by Gasteiger charge is 2.31. The van der Waals surface area contributed by atoms with Crippen LogP contribution in [0, 0.1) is 0 Å². The molecule has 0 amide bonds. The standard InChI is InChI=1S/C15H19F3N4.ClH/c1-10-8-22(6-5-19-10)9-14-20-12-7-11(15(16,17)18)3-4-13(12)21(14)2;/h3-4,7,10,19H,5-6,8-9H2,1-2H3;1H/t10-;/m0./s1. The average Bonchev–Trinajstić information content (AvgIpc) is 2.74. The molecule has 128 valence electrons. The number of hydrogen-bond donors (Lipinski definition) is 1. The van der Waals surface area contributed by atoms with Crippen LogP contribution < -0.4 is 5.32 Å².